The van der Waals surface area contributed by atoms with Gasteiger partial charge in [-0.3, -0.25) is 9.48 Å². The molecular weight excluding hydrogens is 320 g/mol. The molecule has 2 atom stereocenters. The molecule has 0 radical (unpaired) electrons. The highest BCUT2D eigenvalue weighted by Gasteiger charge is 2.29. The Labute approximate surface area is 144 Å². The van der Waals surface area contributed by atoms with Crippen LogP contribution in [0.4, 0.5) is 11.5 Å². The van der Waals surface area contributed by atoms with Crippen molar-refractivity contribution in [3.05, 3.63) is 41.6 Å². The van der Waals surface area contributed by atoms with Crippen LogP contribution in [0.15, 0.2) is 30.5 Å². The van der Waals surface area contributed by atoms with Gasteiger partial charge in [-0.15, -0.1) is 0 Å². The zero-order valence-electron chi connectivity index (χ0n) is 13.3. The third kappa shape index (κ3) is 3.44. The molecule has 0 aliphatic carbocycles. The van der Waals surface area contributed by atoms with Crippen LogP contribution in [0.3, 0.4) is 0 Å². The van der Waals surface area contributed by atoms with Gasteiger partial charge in [-0.05, 0) is 30.7 Å². The van der Waals surface area contributed by atoms with Crippen molar-refractivity contribution < 1.29 is 9.53 Å². The van der Waals surface area contributed by atoms with Crippen LogP contribution in [0.5, 0.6) is 0 Å². The van der Waals surface area contributed by atoms with Crippen molar-refractivity contribution in [2.75, 3.05) is 18.5 Å². The van der Waals surface area contributed by atoms with E-state index in [0.717, 1.165) is 0 Å². The predicted molar refractivity (Wildman–Crippen MR) is 88.8 cm³/mol. The first-order chi connectivity index (χ1) is 12.1. The number of nitrogens with zero attached hydrogens (tertiary/aromatic N) is 4. The quantitative estimate of drug-likeness (QED) is 0.874. The summed E-state index contributed by atoms with van der Waals surface area (Å²) in [6, 6.07) is 10.8. The van der Waals surface area contributed by atoms with E-state index < -0.39 is 5.91 Å². The highest BCUT2D eigenvalue weighted by Crippen LogP contribution is 2.28. The molecule has 0 spiro atoms. The van der Waals surface area contributed by atoms with Gasteiger partial charge in [-0.1, -0.05) is 0 Å². The lowest BCUT2D eigenvalue weighted by molar-refractivity contribution is 0.0342. The van der Waals surface area contributed by atoms with Crippen molar-refractivity contribution in [2.45, 2.75) is 12.5 Å². The van der Waals surface area contributed by atoms with E-state index >= 15 is 0 Å². The molecule has 126 valence electrons. The molecule has 3 rings (SSSR count). The van der Waals surface area contributed by atoms with Crippen LogP contribution in [0, 0.1) is 28.6 Å². The average Bonchev–Trinajstić information content (AvgIpc) is 3.06. The van der Waals surface area contributed by atoms with Crippen molar-refractivity contribution in [3.63, 3.8) is 0 Å². The van der Waals surface area contributed by atoms with Gasteiger partial charge < -0.3 is 15.8 Å². The lowest BCUT2D eigenvalue weighted by Gasteiger charge is -2.26. The van der Waals surface area contributed by atoms with Crippen LogP contribution in [-0.2, 0) is 4.74 Å². The Morgan fingerprint density at radius 1 is 1.36 bits per heavy atom. The van der Waals surface area contributed by atoms with Crippen LogP contribution < -0.4 is 11.1 Å². The SMILES string of the molecule is N#Cc1ccc(Nc2nn(C3COCCC3C#N)cc2C(N)=O)cc1. The van der Waals surface area contributed by atoms with E-state index in [4.69, 9.17) is 15.7 Å². The van der Waals surface area contributed by atoms with Crippen LogP contribution >= 0.6 is 0 Å². The molecule has 1 aromatic carbocycles. The number of benzene rings is 1. The Morgan fingerprint density at radius 3 is 2.76 bits per heavy atom. The van der Waals surface area contributed by atoms with E-state index in [1.807, 2.05) is 6.07 Å². The minimum absolute atomic E-state index is 0.228. The molecule has 8 heteroatoms. The molecule has 2 aromatic rings. The number of anilines is 2. The number of hydrogen-bond acceptors (Lipinski definition) is 6. The maximum Gasteiger partial charge on any atom is 0.254 e. The van der Waals surface area contributed by atoms with Gasteiger partial charge in [-0.25, -0.2) is 0 Å². The number of aromatic nitrogens is 2. The van der Waals surface area contributed by atoms with Crippen molar-refractivity contribution >= 4 is 17.4 Å². The monoisotopic (exact) mass is 336 g/mol. The molecule has 1 saturated heterocycles. The van der Waals surface area contributed by atoms with Crippen LogP contribution in [0.2, 0.25) is 0 Å². The van der Waals surface area contributed by atoms with Crippen LogP contribution in [0.1, 0.15) is 28.4 Å². The largest absolute Gasteiger partial charge is 0.379 e. The van der Waals surface area contributed by atoms with E-state index in [-0.39, 0.29) is 17.5 Å². The molecule has 25 heavy (non-hydrogen) atoms. The van der Waals surface area contributed by atoms with Crippen molar-refractivity contribution in [2.24, 2.45) is 11.7 Å². The number of nitriles is 2. The molecule has 0 saturated carbocycles. The van der Waals surface area contributed by atoms with E-state index in [9.17, 15) is 10.1 Å². The molecule has 1 aliphatic rings. The average molecular weight is 336 g/mol. The number of primary amides is 1. The molecule has 2 unspecified atom stereocenters. The van der Waals surface area contributed by atoms with Crippen LogP contribution in [-0.4, -0.2) is 28.9 Å². The Bertz CT molecular complexity index is 859. The lowest BCUT2D eigenvalue weighted by Crippen LogP contribution is -2.29. The van der Waals surface area contributed by atoms with Gasteiger partial charge in [0.2, 0.25) is 0 Å². The normalized spacial score (nSPS) is 19.6. The molecule has 8 nitrogen and oxygen atoms in total. The smallest absolute Gasteiger partial charge is 0.254 e. The maximum absolute atomic E-state index is 11.7. The summed E-state index contributed by atoms with van der Waals surface area (Å²) in [6.45, 7) is 0.892. The summed E-state index contributed by atoms with van der Waals surface area (Å²) in [7, 11) is 0. The van der Waals surface area contributed by atoms with Gasteiger partial charge in [-0.2, -0.15) is 15.6 Å². The number of rotatable bonds is 4. The first-order valence-electron chi connectivity index (χ1n) is 7.76. The molecule has 2 heterocycles. The number of nitrogens with one attached hydrogen (secondary N) is 1. The first kappa shape index (κ1) is 16.5. The number of ether oxygens (including phenoxy) is 1. The van der Waals surface area contributed by atoms with Crippen molar-refractivity contribution in [1.82, 2.24) is 9.78 Å². The van der Waals surface area contributed by atoms with E-state index in [0.29, 0.717) is 36.7 Å². The van der Waals surface area contributed by atoms with Crippen molar-refractivity contribution in [1.29, 1.82) is 10.5 Å². The number of hydrogen-bond donors (Lipinski definition) is 2. The maximum atomic E-state index is 11.7. The lowest BCUT2D eigenvalue weighted by atomic mass is 9.97. The molecule has 0 bridgehead atoms. The summed E-state index contributed by atoms with van der Waals surface area (Å²) in [6.07, 6.45) is 2.16. The second-order valence-electron chi connectivity index (χ2n) is 5.72. The molecule has 1 amide bonds. The number of nitrogens with two attached hydrogens (primary N) is 1. The summed E-state index contributed by atoms with van der Waals surface area (Å²) in [5, 5.41) is 25.6. The summed E-state index contributed by atoms with van der Waals surface area (Å²) >= 11 is 0. The standard InChI is InChI=1S/C17H16N6O2/c18-7-11-1-3-13(4-2-11)21-17-14(16(20)24)9-23(22-17)15-10-25-6-5-12(15)8-19/h1-4,9,12,15H,5-6,10H2,(H2,20,24)(H,21,22). The first-order valence-corrected chi connectivity index (χ1v) is 7.76. The van der Waals surface area contributed by atoms with E-state index in [2.05, 4.69) is 16.5 Å². The van der Waals surface area contributed by atoms with Gasteiger partial charge in [0.25, 0.3) is 5.91 Å². The Morgan fingerprint density at radius 2 is 2.12 bits per heavy atom. The Kier molecular flexibility index (Phi) is 4.64. The van der Waals surface area contributed by atoms with Gasteiger partial charge in [0.05, 0.1) is 36.3 Å². The fraction of sp³-hybridized carbons (Fsp3) is 0.294. The number of carbonyl (C=O) groups excluding carboxylic acids is 1. The zero-order chi connectivity index (χ0) is 17.8. The molecule has 1 aliphatic heterocycles. The molecule has 3 N–H and O–H groups in total. The second kappa shape index (κ2) is 7.04. The Balaban J connectivity index is 1.90. The minimum atomic E-state index is -0.618. The molecular formula is C17H16N6O2. The highest BCUT2D eigenvalue weighted by molar-refractivity contribution is 5.98. The minimum Gasteiger partial charge on any atom is -0.379 e. The third-order valence-corrected chi connectivity index (χ3v) is 4.11. The van der Waals surface area contributed by atoms with Crippen molar-refractivity contribution in [3.8, 4) is 12.1 Å². The summed E-state index contributed by atoms with van der Waals surface area (Å²) in [4.78, 5) is 11.7. The van der Waals surface area contributed by atoms with Gasteiger partial charge in [0.1, 0.15) is 5.56 Å². The highest BCUT2D eigenvalue weighted by atomic mass is 16.5. The zero-order valence-corrected chi connectivity index (χ0v) is 13.3. The van der Waals surface area contributed by atoms with E-state index in [1.165, 1.54) is 6.20 Å². The second-order valence-corrected chi connectivity index (χ2v) is 5.72. The summed E-state index contributed by atoms with van der Waals surface area (Å²) < 4.78 is 7.01. The van der Waals surface area contributed by atoms with Gasteiger partial charge in [0.15, 0.2) is 5.82 Å². The summed E-state index contributed by atoms with van der Waals surface area (Å²) in [5.74, 6) is -0.552. The van der Waals surface area contributed by atoms with Gasteiger partial charge >= 0.3 is 0 Å². The number of carbonyl (C=O) groups is 1. The van der Waals surface area contributed by atoms with Crippen LogP contribution in [0.25, 0.3) is 0 Å². The Hall–Kier alpha value is -3.36. The fourth-order valence-corrected chi connectivity index (χ4v) is 2.73. The number of amides is 1. The predicted octanol–water partition coefficient (Wildman–Crippen LogP) is 1.70. The van der Waals surface area contributed by atoms with Gasteiger partial charge in [0, 0.05) is 18.5 Å². The summed E-state index contributed by atoms with van der Waals surface area (Å²) in [5.41, 5.74) is 6.88. The molecule has 1 fully saturated rings. The third-order valence-electron chi connectivity index (χ3n) is 4.11. The topological polar surface area (TPSA) is 130 Å². The fourth-order valence-electron chi connectivity index (χ4n) is 2.73. The molecule has 1 aromatic heterocycles. The van der Waals surface area contributed by atoms with E-state index in [1.54, 1.807) is 28.9 Å².